The van der Waals surface area contributed by atoms with Gasteiger partial charge in [-0.2, -0.15) is 5.10 Å². The number of hydrogen-bond acceptors (Lipinski definition) is 6. The van der Waals surface area contributed by atoms with E-state index >= 15 is 0 Å². The zero-order valence-corrected chi connectivity index (χ0v) is 23.9. The van der Waals surface area contributed by atoms with Crippen LogP contribution in [0.25, 0.3) is 0 Å². The lowest BCUT2D eigenvalue weighted by Crippen LogP contribution is -2.51. The number of amides is 4. The van der Waals surface area contributed by atoms with Crippen LogP contribution in [0, 0.1) is 0 Å². The van der Waals surface area contributed by atoms with Crippen LogP contribution in [0.3, 0.4) is 0 Å². The number of carbonyl (C=O) groups excluding carboxylic acids is 4. The Labute approximate surface area is 249 Å². The summed E-state index contributed by atoms with van der Waals surface area (Å²) in [6, 6.07) is 14.6. The molecule has 1 aliphatic carbocycles. The van der Waals surface area contributed by atoms with Crippen molar-refractivity contribution in [2.45, 2.75) is 62.6 Å². The molecule has 4 amide bonds. The van der Waals surface area contributed by atoms with Gasteiger partial charge in [0.05, 0.1) is 28.8 Å². The van der Waals surface area contributed by atoms with E-state index in [0.29, 0.717) is 49.4 Å². The molecule has 43 heavy (non-hydrogen) atoms. The number of anilines is 1. The number of hydrogen-bond donors (Lipinski definition) is 2. The Morgan fingerprint density at radius 3 is 2.49 bits per heavy atom. The fraction of sp³-hybridized carbons (Fsp3) is 0.364. The first kappa shape index (κ1) is 27.1. The summed E-state index contributed by atoms with van der Waals surface area (Å²) in [6.45, 7) is 5.62. The van der Waals surface area contributed by atoms with Crippen LogP contribution >= 0.6 is 0 Å². The van der Waals surface area contributed by atoms with Crippen LogP contribution < -0.4 is 10.6 Å². The van der Waals surface area contributed by atoms with E-state index in [1.54, 1.807) is 24.4 Å². The van der Waals surface area contributed by atoms with E-state index in [1.165, 1.54) is 0 Å². The molecule has 1 saturated carbocycles. The van der Waals surface area contributed by atoms with Crippen molar-refractivity contribution in [1.29, 1.82) is 0 Å². The topological polar surface area (TPSA) is 117 Å². The highest BCUT2D eigenvalue weighted by molar-refractivity contribution is 6.25. The minimum Gasteiger partial charge on any atom is -0.380 e. The highest BCUT2D eigenvalue weighted by Crippen LogP contribution is 2.50. The summed E-state index contributed by atoms with van der Waals surface area (Å²) in [4.78, 5) is 55.7. The lowest BCUT2D eigenvalue weighted by molar-refractivity contribution is -0.135. The number of imide groups is 1. The predicted molar refractivity (Wildman–Crippen MR) is 159 cm³/mol. The van der Waals surface area contributed by atoms with Crippen molar-refractivity contribution in [1.82, 2.24) is 24.9 Å². The van der Waals surface area contributed by atoms with E-state index in [1.807, 2.05) is 34.0 Å². The largest absolute Gasteiger partial charge is 0.380 e. The van der Waals surface area contributed by atoms with Gasteiger partial charge in [-0.15, -0.1) is 0 Å². The van der Waals surface area contributed by atoms with Crippen molar-refractivity contribution in [3.8, 4) is 0 Å². The molecule has 2 saturated heterocycles. The average molecular weight is 579 g/mol. The van der Waals surface area contributed by atoms with Gasteiger partial charge in [0.2, 0.25) is 11.8 Å². The number of fused-ring (bicyclic) bond motifs is 1. The summed E-state index contributed by atoms with van der Waals surface area (Å²) in [5, 5.41) is 10.6. The molecule has 2 N–H and O–H groups in total. The number of piperidine rings is 2. The van der Waals surface area contributed by atoms with Crippen LogP contribution in [0.4, 0.5) is 5.69 Å². The Morgan fingerprint density at radius 2 is 1.77 bits per heavy atom. The first-order valence-corrected chi connectivity index (χ1v) is 15.0. The fourth-order valence-electron chi connectivity index (χ4n) is 6.75. The molecule has 3 aliphatic heterocycles. The van der Waals surface area contributed by atoms with Crippen molar-refractivity contribution >= 4 is 29.3 Å². The van der Waals surface area contributed by atoms with Gasteiger partial charge >= 0.3 is 0 Å². The highest BCUT2D eigenvalue weighted by atomic mass is 16.2. The average Bonchev–Trinajstić information content (AvgIpc) is 3.63. The molecule has 4 heterocycles. The van der Waals surface area contributed by atoms with Crippen molar-refractivity contribution < 1.29 is 19.2 Å². The molecule has 220 valence electrons. The molecule has 3 fully saturated rings. The van der Waals surface area contributed by atoms with E-state index in [9.17, 15) is 19.2 Å². The smallest absolute Gasteiger partial charge is 0.264 e. The molecule has 10 nitrogen and oxygen atoms in total. The molecule has 1 aromatic heterocycles. The maximum Gasteiger partial charge on any atom is 0.264 e. The summed E-state index contributed by atoms with van der Waals surface area (Å²) < 4.78 is 1.98. The summed E-state index contributed by atoms with van der Waals surface area (Å²) in [7, 11) is 0. The van der Waals surface area contributed by atoms with E-state index < -0.39 is 17.9 Å². The van der Waals surface area contributed by atoms with Crippen molar-refractivity contribution in [2.75, 3.05) is 18.4 Å². The van der Waals surface area contributed by atoms with Crippen LogP contribution in [0.2, 0.25) is 0 Å². The van der Waals surface area contributed by atoms with Gasteiger partial charge in [0.15, 0.2) is 0 Å². The molecule has 2 aromatic carbocycles. The van der Waals surface area contributed by atoms with Gasteiger partial charge in [-0.1, -0.05) is 43.0 Å². The molecule has 3 aromatic rings. The second kappa shape index (κ2) is 10.5. The monoisotopic (exact) mass is 578 g/mol. The third-order valence-electron chi connectivity index (χ3n) is 9.33. The Balaban J connectivity index is 0.979. The number of aromatic nitrogens is 2. The number of nitrogens with one attached hydrogen (secondary N) is 2. The first-order chi connectivity index (χ1) is 20.9. The minimum atomic E-state index is -0.848. The second-order valence-electron chi connectivity index (χ2n) is 12.0. The number of allylic oxidation sites excluding steroid dienone is 1. The van der Waals surface area contributed by atoms with Crippen LogP contribution in [0.5, 0.6) is 0 Å². The summed E-state index contributed by atoms with van der Waals surface area (Å²) >= 11 is 0. The van der Waals surface area contributed by atoms with Gasteiger partial charge in [0.1, 0.15) is 6.04 Å². The minimum absolute atomic E-state index is 0.205. The molecule has 0 radical (unpaired) electrons. The number of benzene rings is 2. The van der Waals surface area contributed by atoms with Crippen molar-refractivity contribution in [3.63, 3.8) is 0 Å². The molecule has 1 unspecified atom stereocenters. The second-order valence-corrected chi connectivity index (χ2v) is 12.0. The first-order valence-electron chi connectivity index (χ1n) is 15.0. The van der Waals surface area contributed by atoms with E-state index in [4.69, 9.17) is 0 Å². The van der Waals surface area contributed by atoms with Gasteiger partial charge in [-0.05, 0) is 56.2 Å². The molecular formula is C33H34N6O4. The van der Waals surface area contributed by atoms with Gasteiger partial charge in [0, 0.05) is 42.8 Å². The van der Waals surface area contributed by atoms with Gasteiger partial charge in [-0.25, -0.2) is 0 Å². The van der Waals surface area contributed by atoms with Crippen molar-refractivity contribution in [3.05, 3.63) is 95.5 Å². The van der Waals surface area contributed by atoms with Crippen LogP contribution in [-0.2, 0) is 21.5 Å². The highest BCUT2D eigenvalue weighted by Gasteiger charge is 2.53. The van der Waals surface area contributed by atoms with Crippen molar-refractivity contribution in [2.24, 2.45) is 0 Å². The Bertz CT molecular complexity index is 1630. The fourth-order valence-corrected chi connectivity index (χ4v) is 6.75. The number of carbonyl (C=O) groups is 4. The normalized spacial score (nSPS) is 21.5. The maximum atomic E-state index is 13.4. The van der Waals surface area contributed by atoms with Crippen LogP contribution in [0.1, 0.15) is 76.4 Å². The van der Waals surface area contributed by atoms with Gasteiger partial charge < -0.3 is 15.5 Å². The van der Waals surface area contributed by atoms with Gasteiger partial charge in [-0.3, -0.25) is 28.8 Å². The zero-order valence-electron chi connectivity index (χ0n) is 23.9. The number of likely N-dealkylation sites (tertiary alicyclic amines) is 1. The lowest BCUT2D eigenvalue weighted by atomic mass is 9.93. The van der Waals surface area contributed by atoms with Crippen LogP contribution in [0.15, 0.2) is 73.2 Å². The molecule has 0 spiro atoms. The summed E-state index contributed by atoms with van der Waals surface area (Å²) in [5.41, 5.74) is 3.45. The van der Waals surface area contributed by atoms with Gasteiger partial charge in [0.25, 0.3) is 11.8 Å². The van der Waals surface area contributed by atoms with Crippen LogP contribution in [-0.4, -0.2) is 62.3 Å². The molecule has 1 atom stereocenters. The Kier molecular flexibility index (Phi) is 6.64. The molecule has 10 heteroatoms. The molecule has 0 bridgehead atoms. The zero-order chi connectivity index (χ0) is 29.7. The lowest BCUT2D eigenvalue weighted by Gasteiger charge is -2.34. The molecular weight excluding hydrogens is 544 g/mol. The van der Waals surface area contributed by atoms with E-state index in [2.05, 4.69) is 34.4 Å². The Hall–Kier alpha value is -4.73. The maximum absolute atomic E-state index is 13.4. The van der Waals surface area contributed by atoms with E-state index in [-0.39, 0.29) is 28.8 Å². The third-order valence-corrected chi connectivity index (χ3v) is 9.33. The Morgan fingerprint density at radius 1 is 1.00 bits per heavy atom. The SMILES string of the molecule is C=C1CCC(N2C(=O)c3cccc(NCc4cnn(C5CCN(C(=O)C6(c7ccccc7)CC6)CC5)c4)c3C2=O)C(=O)N1. The number of rotatable bonds is 7. The quantitative estimate of drug-likeness (QED) is 0.413. The standard InChI is InChI=1S/C33H34N6O4/c1-21-10-11-27(29(40)36-21)39-30(41)25-8-5-9-26(28(25)31(39)42)34-18-22-19-35-38(20-22)24-12-16-37(17-13-24)32(43)33(14-15-33)23-6-3-2-4-7-23/h2-9,19-20,24,27,34H,1,10-18H2,(H,36,40). The molecule has 7 rings (SSSR count). The predicted octanol–water partition coefficient (Wildman–Crippen LogP) is 3.78. The third kappa shape index (κ3) is 4.70. The summed E-state index contributed by atoms with van der Waals surface area (Å²) in [6.07, 6.45) is 8.20. The van der Waals surface area contributed by atoms with E-state index in [0.717, 1.165) is 41.7 Å². The number of nitrogens with zero attached hydrogens (tertiary/aromatic N) is 4. The summed E-state index contributed by atoms with van der Waals surface area (Å²) in [5.74, 6) is -1.05. The molecule has 4 aliphatic rings.